The zero-order valence-corrected chi connectivity index (χ0v) is 11.2. The highest BCUT2D eigenvalue weighted by Gasteiger charge is 2.23. The summed E-state index contributed by atoms with van der Waals surface area (Å²) in [5, 5.41) is 12.0. The summed E-state index contributed by atoms with van der Waals surface area (Å²) in [7, 11) is 0. The molecular weight excluding hydrogens is 252 g/mol. The van der Waals surface area contributed by atoms with Gasteiger partial charge in [0.15, 0.2) is 0 Å². The van der Waals surface area contributed by atoms with Crippen molar-refractivity contribution in [2.45, 2.75) is 25.7 Å². The van der Waals surface area contributed by atoms with Gasteiger partial charge < -0.3 is 9.84 Å². The van der Waals surface area contributed by atoms with Gasteiger partial charge in [-0.25, -0.2) is 4.79 Å². The van der Waals surface area contributed by atoms with Crippen LogP contribution in [0.3, 0.4) is 0 Å². The first-order valence-electron chi connectivity index (χ1n) is 6.82. The topological polar surface area (TPSA) is 46.5 Å². The Morgan fingerprint density at radius 2 is 1.80 bits per heavy atom. The lowest BCUT2D eigenvalue weighted by atomic mass is 9.87. The van der Waals surface area contributed by atoms with Crippen LogP contribution in [0.2, 0.25) is 0 Å². The molecule has 2 aromatic rings. The van der Waals surface area contributed by atoms with Crippen molar-refractivity contribution in [3.8, 4) is 11.5 Å². The molecule has 3 nitrogen and oxygen atoms in total. The summed E-state index contributed by atoms with van der Waals surface area (Å²) >= 11 is 0. The number of fused-ring (bicyclic) bond motifs is 2. The van der Waals surface area contributed by atoms with E-state index in [0.717, 1.165) is 53.7 Å². The van der Waals surface area contributed by atoms with E-state index < -0.39 is 5.97 Å². The van der Waals surface area contributed by atoms with Gasteiger partial charge in [-0.1, -0.05) is 30.8 Å². The molecule has 0 heterocycles. The molecule has 20 heavy (non-hydrogen) atoms. The zero-order chi connectivity index (χ0) is 14.1. The third kappa shape index (κ3) is 1.95. The molecule has 0 bridgehead atoms. The van der Waals surface area contributed by atoms with Gasteiger partial charge >= 0.3 is 5.97 Å². The molecule has 1 aliphatic carbocycles. The van der Waals surface area contributed by atoms with Crippen molar-refractivity contribution in [2.75, 3.05) is 0 Å². The number of benzene rings is 2. The number of hydrogen-bond acceptors (Lipinski definition) is 3. The minimum Gasteiger partial charge on any atom is -0.507 e. The number of phenolic OH excluding ortho intramolecular Hbond substituents is 1. The van der Waals surface area contributed by atoms with Crippen LogP contribution in [0.15, 0.2) is 36.9 Å². The average Bonchev–Trinajstić information content (AvgIpc) is 2.51. The van der Waals surface area contributed by atoms with E-state index in [1.54, 1.807) is 0 Å². The van der Waals surface area contributed by atoms with Gasteiger partial charge in [0.1, 0.15) is 11.5 Å². The first kappa shape index (κ1) is 12.7. The van der Waals surface area contributed by atoms with Crippen LogP contribution in [-0.4, -0.2) is 11.1 Å². The SMILES string of the molecule is C=CC(=O)Oc1c2c(c(O)c3ccccc13)CCCC2. The molecule has 3 heteroatoms. The van der Waals surface area contributed by atoms with Crippen LogP contribution >= 0.6 is 0 Å². The van der Waals surface area contributed by atoms with Crippen LogP contribution in [-0.2, 0) is 17.6 Å². The fraction of sp³-hybridized carbons (Fsp3) is 0.235. The molecule has 2 aromatic carbocycles. The highest BCUT2D eigenvalue weighted by molar-refractivity contribution is 5.98. The highest BCUT2D eigenvalue weighted by Crippen LogP contribution is 2.43. The second-order valence-electron chi connectivity index (χ2n) is 5.01. The summed E-state index contributed by atoms with van der Waals surface area (Å²) in [4.78, 5) is 11.6. The summed E-state index contributed by atoms with van der Waals surface area (Å²) in [5.74, 6) is 0.445. The van der Waals surface area contributed by atoms with E-state index in [1.165, 1.54) is 0 Å². The summed E-state index contributed by atoms with van der Waals surface area (Å²) in [6.45, 7) is 3.44. The monoisotopic (exact) mass is 268 g/mol. The highest BCUT2D eigenvalue weighted by atomic mass is 16.5. The minimum atomic E-state index is -0.464. The molecule has 0 aromatic heterocycles. The minimum absolute atomic E-state index is 0.328. The number of rotatable bonds is 2. The second-order valence-corrected chi connectivity index (χ2v) is 5.01. The van der Waals surface area contributed by atoms with Crippen LogP contribution in [0.4, 0.5) is 0 Å². The molecule has 0 spiro atoms. The van der Waals surface area contributed by atoms with Crippen LogP contribution < -0.4 is 4.74 Å². The number of hydrogen-bond donors (Lipinski definition) is 1. The molecule has 0 fully saturated rings. The Morgan fingerprint density at radius 3 is 2.50 bits per heavy atom. The predicted octanol–water partition coefficient (Wildman–Crippen LogP) is 3.52. The summed E-state index contributed by atoms with van der Waals surface area (Å²) in [5.41, 5.74) is 1.88. The number of esters is 1. The molecule has 0 unspecified atom stereocenters. The summed E-state index contributed by atoms with van der Waals surface area (Å²) in [6.07, 6.45) is 4.91. The lowest BCUT2D eigenvalue weighted by Crippen LogP contribution is -2.11. The molecule has 1 aliphatic rings. The second kappa shape index (κ2) is 5.00. The predicted molar refractivity (Wildman–Crippen MR) is 78.1 cm³/mol. The lowest BCUT2D eigenvalue weighted by Gasteiger charge is -2.22. The van der Waals surface area contributed by atoms with Gasteiger partial charge in [-0.2, -0.15) is 0 Å². The van der Waals surface area contributed by atoms with E-state index in [9.17, 15) is 9.90 Å². The van der Waals surface area contributed by atoms with Gasteiger partial charge in [0.05, 0.1) is 0 Å². The summed E-state index contributed by atoms with van der Waals surface area (Å²) < 4.78 is 5.46. The molecule has 102 valence electrons. The van der Waals surface area contributed by atoms with E-state index in [2.05, 4.69) is 6.58 Å². The van der Waals surface area contributed by atoms with Gasteiger partial charge in [0.2, 0.25) is 0 Å². The van der Waals surface area contributed by atoms with Crippen molar-refractivity contribution in [3.05, 3.63) is 48.0 Å². The van der Waals surface area contributed by atoms with E-state index >= 15 is 0 Å². The Morgan fingerprint density at radius 1 is 1.15 bits per heavy atom. The molecule has 0 saturated carbocycles. The largest absolute Gasteiger partial charge is 0.507 e. The molecule has 1 N–H and O–H groups in total. The molecule has 0 saturated heterocycles. The fourth-order valence-electron chi connectivity index (χ4n) is 2.89. The summed E-state index contributed by atoms with van der Waals surface area (Å²) in [6, 6.07) is 7.47. The molecule has 0 radical (unpaired) electrons. The maximum absolute atomic E-state index is 11.6. The third-order valence-corrected chi connectivity index (χ3v) is 3.82. The fourth-order valence-corrected chi connectivity index (χ4v) is 2.89. The van der Waals surface area contributed by atoms with E-state index in [1.807, 2.05) is 24.3 Å². The van der Waals surface area contributed by atoms with Gasteiger partial charge in [0.25, 0.3) is 0 Å². The van der Waals surface area contributed by atoms with Gasteiger partial charge in [-0.3, -0.25) is 0 Å². The van der Waals surface area contributed by atoms with Crippen molar-refractivity contribution in [2.24, 2.45) is 0 Å². The van der Waals surface area contributed by atoms with Crippen molar-refractivity contribution < 1.29 is 14.6 Å². The smallest absolute Gasteiger partial charge is 0.335 e. The van der Waals surface area contributed by atoms with Crippen molar-refractivity contribution >= 4 is 16.7 Å². The lowest BCUT2D eigenvalue weighted by molar-refractivity contribution is -0.128. The first-order valence-corrected chi connectivity index (χ1v) is 6.82. The van der Waals surface area contributed by atoms with Gasteiger partial charge in [0, 0.05) is 28.0 Å². The Kier molecular flexibility index (Phi) is 3.18. The van der Waals surface area contributed by atoms with Crippen LogP contribution in [0.25, 0.3) is 10.8 Å². The maximum atomic E-state index is 11.6. The Bertz CT molecular complexity index is 701. The number of ether oxygens (including phenoxy) is 1. The molecule has 0 amide bonds. The third-order valence-electron chi connectivity index (χ3n) is 3.82. The quantitative estimate of drug-likeness (QED) is 0.515. The van der Waals surface area contributed by atoms with Crippen molar-refractivity contribution in [1.82, 2.24) is 0 Å². The Hall–Kier alpha value is -2.29. The number of carbonyl (C=O) groups excluding carboxylic acids is 1. The first-order chi connectivity index (χ1) is 9.72. The molecular formula is C17H16O3. The van der Waals surface area contributed by atoms with Crippen LogP contribution in [0.1, 0.15) is 24.0 Å². The molecule has 3 rings (SSSR count). The van der Waals surface area contributed by atoms with E-state index in [0.29, 0.717) is 11.5 Å². The Balaban J connectivity index is 2.31. The van der Waals surface area contributed by atoms with Crippen LogP contribution in [0, 0.1) is 0 Å². The van der Waals surface area contributed by atoms with Gasteiger partial charge in [-0.15, -0.1) is 0 Å². The van der Waals surface area contributed by atoms with Gasteiger partial charge in [-0.05, 0) is 25.7 Å². The molecule has 0 aliphatic heterocycles. The maximum Gasteiger partial charge on any atom is 0.335 e. The standard InChI is InChI=1S/C17H16O3/c1-2-15(18)20-17-13-9-5-3-7-11(13)16(19)12-8-4-6-10-14(12)17/h2-3,5,7,9,19H,1,4,6,8,10H2. The van der Waals surface area contributed by atoms with Crippen molar-refractivity contribution in [1.29, 1.82) is 0 Å². The number of phenols is 1. The van der Waals surface area contributed by atoms with Crippen LogP contribution in [0.5, 0.6) is 11.5 Å². The van der Waals surface area contributed by atoms with E-state index in [4.69, 9.17) is 4.74 Å². The van der Waals surface area contributed by atoms with E-state index in [-0.39, 0.29) is 0 Å². The zero-order valence-electron chi connectivity index (χ0n) is 11.2. The Labute approximate surface area is 117 Å². The number of carbonyl (C=O) groups is 1. The molecule has 0 atom stereocenters. The normalized spacial score (nSPS) is 13.8. The van der Waals surface area contributed by atoms with Crippen molar-refractivity contribution in [3.63, 3.8) is 0 Å². The number of aromatic hydroxyl groups is 1. The average molecular weight is 268 g/mol.